The van der Waals surface area contributed by atoms with Crippen LogP contribution in [0.25, 0.3) is 11.0 Å². The molecule has 5 unspecified atom stereocenters. The van der Waals surface area contributed by atoms with Gasteiger partial charge in [-0.2, -0.15) is 5.10 Å². The van der Waals surface area contributed by atoms with Crippen LogP contribution in [-0.2, 0) is 0 Å². The van der Waals surface area contributed by atoms with Gasteiger partial charge < -0.3 is 5.32 Å². The maximum Gasteiger partial charge on any atom is 0.181 e. The number of nitrogens with zero attached hydrogens (tertiary/aromatic N) is 4. The lowest BCUT2D eigenvalue weighted by Gasteiger charge is -2.37. The molecule has 8 heteroatoms. The fourth-order valence-corrected chi connectivity index (χ4v) is 5.12. The summed E-state index contributed by atoms with van der Waals surface area (Å²) in [7, 11) is 0. The molecule has 3 fully saturated rings. The molecule has 0 saturated heterocycles. The van der Waals surface area contributed by atoms with Gasteiger partial charge in [0.25, 0.3) is 0 Å². The lowest BCUT2D eigenvalue weighted by molar-refractivity contribution is 0.182. The fourth-order valence-electron chi connectivity index (χ4n) is 5.12. The summed E-state index contributed by atoms with van der Waals surface area (Å²) < 4.78 is 28.3. The van der Waals surface area contributed by atoms with E-state index in [9.17, 15) is 8.78 Å². The minimum Gasteiger partial charge on any atom is -0.325 e. The van der Waals surface area contributed by atoms with Crippen molar-refractivity contribution in [3.63, 3.8) is 0 Å². The molecule has 0 aromatic carbocycles. The minimum absolute atomic E-state index is 0.000377. The largest absolute Gasteiger partial charge is 0.325 e. The van der Waals surface area contributed by atoms with Gasteiger partial charge in [-0.25, -0.2) is 13.8 Å². The van der Waals surface area contributed by atoms with Gasteiger partial charge in [0, 0.05) is 0 Å². The van der Waals surface area contributed by atoms with Crippen LogP contribution in [0.3, 0.4) is 0 Å². The van der Waals surface area contributed by atoms with E-state index in [4.69, 9.17) is 4.99 Å². The summed E-state index contributed by atoms with van der Waals surface area (Å²) >= 11 is 0. The van der Waals surface area contributed by atoms with Crippen LogP contribution in [0.5, 0.6) is 0 Å². The number of hydrogen-bond acceptors (Lipinski definition) is 4. The highest BCUT2D eigenvalue weighted by molar-refractivity contribution is 6.15. The van der Waals surface area contributed by atoms with Gasteiger partial charge in [-0.05, 0) is 43.1 Å². The number of fused-ring (bicyclic) bond motifs is 5. The zero-order chi connectivity index (χ0) is 19.3. The first-order valence-corrected chi connectivity index (χ1v) is 10.1. The van der Waals surface area contributed by atoms with Crippen molar-refractivity contribution in [1.29, 1.82) is 0 Å². The van der Waals surface area contributed by atoms with Crippen molar-refractivity contribution in [2.24, 2.45) is 27.7 Å². The van der Waals surface area contributed by atoms with E-state index in [0.29, 0.717) is 46.2 Å². The molecule has 2 aromatic rings. The summed E-state index contributed by atoms with van der Waals surface area (Å²) in [5, 5.41) is 10.5. The number of aliphatic imine (C=N–C) groups is 2. The lowest BCUT2D eigenvalue weighted by Crippen LogP contribution is -2.46. The molecule has 5 atom stereocenters. The average Bonchev–Trinajstić information content (AvgIpc) is 2.87. The lowest BCUT2D eigenvalue weighted by atomic mass is 9.73. The van der Waals surface area contributed by atoms with Crippen molar-refractivity contribution in [3.05, 3.63) is 23.8 Å². The number of aromatic amines is 1. The molecule has 0 amide bonds. The number of H-pyrrole nitrogens is 1. The first kappa shape index (κ1) is 17.7. The Morgan fingerprint density at radius 3 is 2.89 bits per heavy atom. The van der Waals surface area contributed by atoms with Crippen molar-refractivity contribution in [1.82, 2.24) is 20.5 Å². The normalized spacial score (nSPS) is 34.3. The van der Waals surface area contributed by atoms with E-state index in [1.54, 1.807) is 0 Å². The number of aromatic nitrogens is 3. The molecule has 4 aliphatic rings. The number of hydrogen-bond donors (Lipinski definition) is 2. The molecule has 3 heterocycles. The second-order valence-corrected chi connectivity index (χ2v) is 8.30. The molecule has 3 saturated carbocycles. The van der Waals surface area contributed by atoms with Crippen molar-refractivity contribution < 1.29 is 8.78 Å². The predicted octanol–water partition coefficient (Wildman–Crippen LogP) is 3.40. The first-order valence-electron chi connectivity index (χ1n) is 10.1. The molecule has 0 spiro atoms. The molecule has 3 aliphatic carbocycles. The van der Waals surface area contributed by atoms with E-state index in [1.807, 2.05) is 0 Å². The van der Waals surface area contributed by atoms with E-state index < -0.39 is 12.0 Å². The van der Waals surface area contributed by atoms with E-state index >= 15 is 0 Å². The molecule has 6 nitrogen and oxygen atoms in total. The van der Waals surface area contributed by atoms with Crippen LogP contribution >= 0.6 is 0 Å². The van der Waals surface area contributed by atoms with E-state index in [0.717, 1.165) is 6.20 Å². The van der Waals surface area contributed by atoms with Gasteiger partial charge in [0.2, 0.25) is 0 Å². The molecule has 2 N–H and O–H groups in total. The smallest absolute Gasteiger partial charge is 0.181 e. The van der Waals surface area contributed by atoms with E-state index in [1.165, 1.54) is 38.2 Å². The summed E-state index contributed by atoms with van der Waals surface area (Å²) in [6, 6.07) is 1.51. The van der Waals surface area contributed by atoms with Crippen molar-refractivity contribution in [2.45, 2.75) is 51.2 Å². The molecule has 2 bridgehead atoms. The van der Waals surface area contributed by atoms with E-state index in [-0.39, 0.29) is 12.6 Å². The fraction of sp³-hybridized carbons (Fsp3) is 0.600. The monoisotopic (exact) mass is 386 g/mol. The molecule has 1 aliphatic heterocycles. The molecule has 0 radical (unpaired) electrons. The Morgan fingerprint density at radius 2 is 2.00 bits per heavy atom. The number of nitrogens with one attached hydrogen (secondary N) is 2. The first-order chi connectivity index (χ1) is 13.6. The Balaban J connectivity index is 1.46. The van der Waals surface area contributed by atoms with Crippen molar-refractivity contribution in [3.8, 4) is 0 Å². The Hall–Kier alpha value is -2.38. The van der Waals surface area contributed by atoms with Gasteiger partial charge in [0.05, 0.1) is 24.2 Å². The van der Waals surface area contributed by atoms with Crippen LogP contribution in [0.15, 0.2) is 22.2 Å². The third-order valence-corrected chi connectivity index (χ3v) is 6.68. The van der Waals surface area contributed by atoms with Crippen LogP contribution in [0.4, 0.5) is 8.78 Å². The van der Waals surface area contributed by atoms with E-state index in [2.05, 4.69) is 32.4 Å². The zero-order valence-corrected chi connectivity index (χ0v) is 15.8. The SMILES string of the molecule is CC1C2CCCC(CC2)C1N=C1NC(c2[nH]nc3ncc(F)cc23)=NCC1F. The summed E-state index contributed by atoms with van der Waals surface area (Å²) in [5.41, 5.74) is 0.911. The second-order valence-electron chi connectivity index (χ2n) is 8.30. The Bertz CT molecular complexity index is 945. The topological polar surface area (TPSA) is 78.3 Å². The maximum absolute atomic E-state index is 14.7. The number of rotatable bonds is 2. The van der Waals surface area contributed by atoms with Crippen LogP contribution in [0.1, 0.15) is 44.7 Å². The van der Waals surface area contributed by atoms with Crippen molar-refractivity contribution >= 4 is 22.7 Å². The van der Waals surface area contributed by atoms with Crippen LogP contribution in [0.2, 0.25) is 0 Å². The van der Waals surface area contributed by atoms with Crippen LogP contribution in [0, 0.1) is 23.6 Å². The Kier molecular flexibility index (Phi) is 4.36. The Labute approximate surface area is 161 Å². The summed E-state index contributed by atoms with van der Waals surface area (Å²) in [6.07, 6.45) is 6.01. The summed E-state index contributed by atoms with van der Waals surface area (Å²) in [5.74, 6) is 2.01. The highest BCUT2D eigenvalue weighted by Crippen LogP contribution is 2.44. The van der Waals surface area contributed by atoms with Crippen LogP contribution < -0.4 is 5.32 Å². The standard InChI is InChI=1S/C20H24F2N6/c1-10-11-3-2-4-12(6-5-11)16(10)25-19-15(22)9-24-20(26-19)17-14-7-13(21)8-23-18(14)28-27-17/h7-8,10-12,15-16H,2-6,9H2,1H3,(H,23,27,28)(H,24,25,26). The van der Waals surface area contributed by atoms with Gasteiger partial charge in [0.1, 0.15) is 17.3 Å². The number of alkyl halides is 1. The minimum atomic E-state index is -1.25. The maximum atomic E-state index is 14.7. The van der Waals surface area contributed by atoms with Gasteiger partial charge in [-0.1, -0.05) is 19.8 Å². The highest BCUT2D eigenvalue weighted by Gasteiger charge is 2.40. The number of pyridine rings is 1. The third-order valence-electron chi connectivity index (χ3n) is 6.68. The average molecular weight is 386 g/mol. The quantitative estimate of drug-likeness (QED) is 0.830. The molecular formula is C20H24F2N6. The molecule has 6 rings (SSSR count). The zero-order valence-electron chi connectivity index (χ0n) is 15.8. The highest BCUT2D eigenvalue weighted by atomic mass is 19.1. The molecule has 2 aromatic heterocycles. The second kappa shape index (κ2) is 6.90. The molecular weight excluding hydrogens is 362 g/mol. The van der Waals surface area contributed by atoms with Gasteiger partial charge in [0.15, 0.2) is 17.7 Å². The molecule has 28 heavy (non-hydrogen) atoms. The molecule has 148 valence electrons. The van der Waals surface area contributed by atoms with Gasteiger partial charge >= 0.3 is 0 Å². The summed E-state index contributed by atoms with van der Waals surface area (Å²) in [4.78, 5) is 13.1. The van der Waals surface area contributed by atoms with Gasteiger partial charge in [-0.3, -0.25) is 15.1 Å². The van der Waals surface area contributed by atoms with Gasteiger partial charge in [-0.15, -0.1) is 0 Å². The Morgan fingerprint density at radius 1 is 1.18 bits per heavy atom. The summed E-state index contributed by atoms with van der Waals surface area (Å²) in [6.45, 7) is 2.26. The predicted molar refractivity (Wildman–Crippen MR) is 104 cm³/mol. The van der Waals surface area contributed by atoms with Crippen LogP contribution in [-0.4, -0.2) is 45.6 Å². The van der Waals surface area contributed by atoms with Crippen molar-refractivity contribution in [2.75, 3.05) is 6.54 Å². The third kappa shape index (κ3) is 2.99. The number of amidine groups is 2. The number of halogens is 2.